The minimum atomic E-state index is -0.235. The fourth-order valence-electron chi connectivity index (χ4n) is 2.43. The lowest BCUT2D eigenvalue weighted by Gasteiger charge is -2.29. The molecule has 1 heterocycles. The summed E-state index contributed by atoms with van der Waals surface area (Å²) in [5, 5.41) is 9.59. The SMILES string of the molecule is COc1cccc(C(=O)CCN2CCCC(O)C2)c1. The Morgan fingerprint density at radius 1 is 1.53 bits per heavy atom. The Kier molecular flexibility index (Phi) is 4.93. The molecule has 0 bridgehead atoms. The number of rotatable bonds is 5. The number of nitrogens with zero attached hydrogens (tertiary/aromatic N) is 1. The van der Waals surface area contributed by atoms with Crippen molar-refractivity contribution in [3.63, 3.8) is 0 Å². The number of hydrogen-bond acceptors (Lipinski definition) is 4. The molecule has 1 saturated heterocycles. The summed E-state index contributed by atoms with van der Waals surface area (Å²) in [5.41, 5.74) is 0.692. The number of hydrogen-bond donors (Lipinski definition) is 1. The molecule has 1 atom stereocenters. The van der Waals surface area contributed by atoms with E-state index < -0.39 is 0 Å². The van der Waals surface area contributed by atoms with E-state index in [2.05, 4.69) is 4.90 Å². The third kappa shape index (κ3) is 4.04. The number of β-amino-alcohol motifs (C(OH)–C–C–N with tert-alkyl or cyclic N) is 1. The number of aliphatic hydroxyl groups is 1. The number of aliphatic hydroxyl groups excluding tert-OH is 1. The highest BCUT2D eigenvalue weighted by Gasteiger charge is 2.18. The van der Waals surface area contributed by atoms with Gasteiger partial charge in [0.15, 0.2) is 5.78 Å². The maximum absolute atomic E-state index is 12.1. The summed E-state index contributed by atoms with van der Waals surface area (Å²) in [5.74, 6) is 0.832. The molecular formula is C15H21NO3. The van der Waals surface area contributed by atoms with Gasteiger partial charge in [0, 0.05) is 25.1 Å². The molecule has 0 radical (unpaired) electrons. The molecule has 0 aliphatic carbocycles. The Hall–Kier alpha value is -1.39. The fourth-order valence-corrected chi connectivity index (χ4v) is 2.43. The lowest BCUT2D eigenvalue weighted by Crippen LogP contribution is -2.39. The van der Waals surface area contributed by atoms with E-state index in [1.165, 1.54) is 0 Å². The van der Waals surface area contributed by atoms with Gasteiger partial charge in [0.1, 0.15) is 5.75 Å². The first kappa shape index (κ1) is 14.0. The predicted molar refractivity (Wildman–Crippen MR) is 73.6 cm³/mol. The highest BCUT2D eigenvalue weighted by Crippen LogP contribution is 2.15. The first-order valence-electron chi connectivity index (χ1n) is 6.76. The zero-order valence-electron chi connectivity index (χ0n) is 11.3. The van der Waals surface area contributed by atoms with Crippen LogP contribution in [0.5, 0.6) is 5.75 Å². The topological polar surface area (TPSA) is 49.8 Å². The van der Waals surface area contributed by atoms with E-state index in [1.807, 2.05) is 18.2 Å². The summed E-state index contributed by atoms with van der Waals surface area (Å²) in [4.78, 5) is 14.3. The first-order valence-corrected chi connectivity index (χ1v) is 6.76. The Morgan fingerprint density at radius 3 is 3.11 bits per heavy atom. The second kappa shape index (κ2) is 6.68. The highest BCUT2D eigenvalue weighted by molar-refractivity contribution is 5.96. The summed E-state index contributed by atoms with van der Waals surface area (Å²) in [6.07, 6.45) is 2.13. The van der Waals surface area contributed by atoms with Crippen molar-refractivity contribution in [2.75, 3.05) is 26.7 Å². The number of benzene rings is 1. The van der Waals surface area contributed by atoms with Gasteiger partial charge in [-0.3, -0.25) is 4.79 Å². The molecule has 1 N–H and O–H groups in total. The average Bonchev–Trinajstić information content (AvgIpc) is 2.45. The van der Waals surface area contributed by atoms with Crippen molar-refractivity contribution in [1.82, 2.24) is 4.90 Å². The normalized spacial score (nSPS) is 20.2. The van der Waals surface area contributed by atoms with Crippen LogP contribution < -0.4 is 4.74 Å². The summed E-state index contributed by atoms with van der Waals surface area (Å²) in [7, 11) is 1.60. The van der Waals surface area contributed by atoms with Crippen LogP contribution in [0, 0.1) is 0 Å². The van der Waals surface area contributed by atoms with Crippen molar-refractivity contribution in [1.29, 1.82) is 0 Å². The number of carbonyl (C=O) groups excluding carboxylic acids is 1. The molecule has 1 aromatic carbocycles. The van der Waals surface area contributed by atoms with E-state index in [9.17, 15) is 9.90 Å². The summed E-state index contributed by atoms with van der Waals surface area (Å²) >= 11 is 0. The van der Waals surface area contributed by atoms with Gasteiger partial charge in [-0.05, 0) is 31.5 Å². The molecule has 1 aliphatic heterocycles. The van der Waals surface area contributed by atoms with E-state index in [4.69, 9.17) is 4.74 Å². The van der Waals surface area contributed by atoms with Crippen LogP contribution in [-0.4, -0.2) is 48.6 Å². The maximum Gasteiger partial charge on any atom is 0.164 e. The zero-order valence-corrected chi connectivity index (χ0v) is 11.3. The van der Waals surface area contributed by atoms with E-state index in [-0.39, 0.29) is 11.9 Å². The van der Waals surface area contributed by atoms with Gasteiger partial charge in [-0.25, -0.2) is 0 Å². The predicted octanol–water partition coefficient (Wildman–Crippen LogP) is 1.72. The molecule has 4 heteroatoms. The van der Waals surface area contributed by atoms with Crippen LogP contribution in [0.3, 0.4) is 0 Å². The minimum Gasteiger partial charge on any atom is -0.497 e. The fraction of sp³-hybridized carbons (Fsp3) is 0.533. The van der Waals surface area contributed by atoms with Crippen LogP contribution in [-0.2, 0) is 0 Å². The van der Waals surface area contributed by atoms with Gasteiger partial charge in [-0.2, -0.15) is 0 Å². The highest BCUT2D eigenvalue weighted by atomic mass is 16.5. The monoisotopic (exact) mass is 263 g/mol. The Bertz CT molecular complexity index is 433. The first-order chi connectivity index (χ1) is 9.19. The van der Waals surface area contributed by atoms with Crippen LogP contribution in [0.25, 0.3) is 0 Å². The van der Waals surface area contributed by atoms with E-state index in [0.29, 0.717) is 30.8 Å². The molecular weight excluding hydrogens is 242 g/mol. The van der Waals surface area contributed by atoms with Crippen LogP contribution in [0.15, 0.2) is 24.3 Å². The Morgan fingerprint density at radius 2 is 2.37 bits per heavy atom. The van der Waals surface area contributed by atoms with Crippen molar-refractivity contribution in [3.8, 4) is 5.75 Å². The molecule has 0 saturated carbocycles. The molecule has 2 rings (SSSR count). The maximum atomic E-state index is 12.1. The van der Waals surface area contributed by atoms with Crippen molar-refractivity contribution >= 4 is 5.78 Å². The van der Waals surface area contributed by atoms with Crippen molar-refractivity contribution in [2.45, 2.75) is 25.4 Å². The van der Waals surface area contributed by atoms with Gasteiger partial charge >= 0.3 is 0 Å². The molecule has 0 amide bonds. The average molecular weight is 263 g/mol. The van der Waals surface area contributed by atoms with E-state index >= 15 is 0 Å². The molecule has 104 valence electrons. The van der Waals surface area contributed by atoms with E-state index in [1.54, 1.807) is 13.2 Å². The molecule has 1 aromatic rings. The third-order valence-electron chi connectivity index (χ3n) is 3.53. The van der Waals surface area contributed by atoms with Gasteiger partial charge in [0.2, 0.25) is 0 Å². The molecule has 1 unspecified atom stereocenters. The minimum absolute atomic E-state index is 0.124. The number of ketones is 1. The second-order valence-corrected chi connectivity index (χ2v) is 5.00. The number of methoxy groups -OCH3 is 1. The number of piperidine rings is 1. The van der Waals surface area contributed by atoms with Gasteiger partial charge in [-0.1, -0.05) is 12.1 Å². The molecule has 1 aliphatic rings. The van der Waals surface area contributed by atoms with Crippen LogP contribution in [0.4, 0.5) is 0 Å². The smallest absolute Gasteiger partial charge is 0.164 e. The van der Waals surface area contributed by atoms with Gasteiger partial charge < -0.3 is 14.7 Å². The number of Topliss-reactive ketones (excluding diaryl/α,β-unsaturated/α-hetero) is 1. The molecule has 1 fully saturated rings. The number of ether oxygens (including phenoxy) is 1. The van der Waals surface area contributed by atoms with Crippen LogP contribution >= 0.6 is 0 Å². The Labute approximate surface area is 114 Å². The second-order valence-electron chi connectivity index (χ2n) is 5.00. The number of likely N-dealkylation sites (tertiary alicyclic amines) is 1. The Balaban J connectivity index is 1.86. The lowest BCUT2D eigenvalue weighted by atomic mass is 10.1. The molecule has 0 spiro atoms. The van der Waals surface area contributed by atoms with Crippen LogP contribution in [0.2, 0.25) is 0 Å². The van der Waals surface area contributed by atoms with Crippen molar-refractivity contribution in [2.24, 2.45) is 0 Å². The summed E-state index contributed by atoms with van der Waals surface area (Å²) in [6.45, 7) is 2.38. The summed E-state index contributed by atoms with van der Waals surface area (Å²) < 4.78 is 5.12. The standard InChI is InChI=1S/C15H21NO3/c1-19-14-6-2-4-12(10-14)15(18)7-9-16-8-3-5-13(17)11-16/h2,4,6,10,13,17H,3,5,7-9,11H2,1H3. The van der Waals surface area contributed by atoms with Crippen molar-refractivity contribution < 1.29 is 14.6 Å². The van der Waals surface area contributed by atoms with Crippen molar-refractivity contribution in [3.05, 3.63) is 29.8 Å². The van der Waals surface area contributed by atoms with Gasteiger partial charge in [0.25, 0.3) is 0 Å². The lowest BCUT2D eigenvalue weighted by molar-refractivity contribution is 0.0670. The molecule has 19 heavy (non-hydrogen) atoms. The van der Waals surface area contributed by atoms with Crippen LogP contribution in [0.1, 0.15) is 29.6 Å². The number of carbonyl (C=O) groups is 1. The largest absolute Gasteiger partial charge is 0.497 e. The van der Waals surface area contributed by atoms with E-state index in [0.717, 1.165) is 19.4 Å². The quantitative estimate of drug-likeness (QED) is 0.822. The van der Waals surface area contributed by atoms with Gasteiger partial charge in [0.05, 0.1) is 13.2 Å². The molecule has 4 nitrogen and oxygen atoms in total. The third-order valence-corrected chi connectivity index (χ3v) is 3.53. The summed E-state index contributed by atoms with van der Waals surface area (Å²) in [6, 6.07) is 7.25. The molecule has 0 aromatic heterocycles. The zero-order chi connectivity index (χ0) is 13.7. The van der Waals surface area contributed by atoms with Gasteiger partial charge in [-0.15, -0.1) is 0 Å².